The summed E-state index contributed by atoms with van der Waals surface area (Å²) in [6.07, 6.45) is 7.07. The van der Waals surface area contributed by atoms with E-state index in [1.165, 1.54) is 35.7 Å². The fourth-order valence-corrected chi connectivity index (χ4v) is 3.31. The fourth-order valence-electron chi connectivity index (χ4n) is 3.31. The second kappa shape index (κ2) is 8.74. The number of amides is 1. The maximum Gasteiger partial charge on any atom is 0.266 e. The monoisotopic (exact) mass is 357 g/mol. The summed E-state index contributed by atoms with van der Waals surface area (Å²) < 4.78 is 14.4. The molecule has 0 spiro atoms. The van der Waals surface area contributed by atoms with E-state index >= 15 is 0 Å². The Kier molecular flexibility index (Phi) is 6.15. The number of rotatable bonds is 5. The van der Waals surface area contributed by atoms with Crippen LogP contribution in [0.3, 0.4) is 0 Å². The Morgan fingerprint density at radius 1 is 1.08 bits per heavy atom. The van der Waals surface area contributed by atoms with Crippen LogP contribution in [0.15, 0.2) is 41.2 Å². The highest BCUT2D eigenvalue weighted by molar-refractivity contribution is 5.76. The van der Waals surface area contributed by atoms with Crippen LogP contribution in [0.4, 0.5) is 4.39 Å². The number of hydrogen-bond acceptors (Lipinski definition) is 3. The summed E-state index contributed by atoms with van der Waals surface area (Å²) in [4.78, 5) is 24.2. The molecule has 0 bridgehead atoms. The molecule has 1 heterocycles. The summed E-state index contributed by atoms with van der Waals surface area (Å²) >= 11 is 0. The SMILES string of the molecule is O=C(CCn1nc(-c2ccc(F)cc2)ccc1=O)NC1CCCCCC1. The molecule has 1 aromatic heterocycles. The van der Waals surface area contributed by atoms with E-state index < -0.39 is 0 Å². The first-order valence-electron chi connectivity index (χ1n) is 9.25. The number of aromatic nitrogens is 2. The molecule has 0 radical (unpaired) electrons. The first-order chi connectivity index (χ1) is 12.6. The van der Waals surface area contributed by atoms with Crippen molar-refractivity contribution >= 4 is 5.91 Å². The van der Waals surface area contributed by atoms with Gasteiger partial charge in [0, 0.05) is 24.1 Å². The van der Waals surface area contributed by atoms with Crippen molar-refractivity contribution in [2.45, 2.75) is 57.5 Å². The average Bonchev–Trinajstić information content (AvgIpc) is 2.90. The lowest BCUT2D eigenvalue weighted by Crippen LogP contribution is -2.35. The molecule has 1 fully saturated rings. The van der Waals surface area contributed by atoms with Crippen LogP contribution in [0.5, 0.6) is 0 Å². The number of hydrogen-bond donors (Lipinski definition) is 1. The Labute approximate surface area is 152 Å². The van der Waals surface area contributed by atoms with E-state index in [9.17, 15) is 14.0 Å². The molecule has 1 N–H and O–H groups in total. The molecule has 6 heteroatoms. The maximum absolute atomic E-state index is 13.1. The Hall–Kier alpha value is -2.50. The first-order valence-corrected chi connectivity index (χ1v) is 9.25. The minimum absolute atomic E-state index is 0.0437. The third kappa shape index (κ3) is 5.00. The summed E-state index contributed by atoms with van der Waals surface area (Å²) in [7, 11) is 0. The number of nitrogens with one attached hydrogen (secondary N) is 1. The Morgan fingerprint density at radius 3 is 2.46 bits per heavy atom. The van der Waals surface area contributed by atoms with E-state index in [0.717, 1.165) is 31.2 Å². The van der Waals surface area contributed by atoms with Crippen LogP contribution < -0.4 is 10.9 Å². The number of nitrogens with zero attached hydrogens (tertiary/aromatic N) is 2. The number of halogens is 1. The van der Waals surface area contributed by atoms with Crippen LogP contribution in [-0.2, 0) is 11.3 Å². The number of carbonyl (C=O) groups is 1. The van der Waals surface area contributed by atoms with E-state index in [2.05, 4.69) is 10.4 Å². The molecule has 1 saturated carbocycles. The topological polar surface area (TPSA) is 64.0 Å². The van der Waals surface area contributed by atoms with Crippen LogP contribution in [0, 0.1) is 5.82 Å². The van der Waals surface area contributed by atoms with Crippen molar-refractivity contribution in [3.05, 3.63) is 52.6 Å². The van der Waals surface area contributed by atoms with Gasteiger partial charge in [-0.1, -0.05) is 25.7 Å². The zero-order valence-corrected chi connectivity index (χ0v) is 14.8. The van der Waals surface area contributed by atoms with Gasteiger partial charge in [-0.25, -0.2) is 9.07 Å². The fraction of sp³-hybridized carbons (Fsp3) is 0.450. The largest absolute Gasteiger partial charge is 0.353 e. The van der Waals surface area contributed by atoms with Crippen molar-refractivity contribution in [1.82, 2.24) is 15.1 Å². The summed E-state index contributed by atoms with van der Waals surface area (Å²) in [6.45, 7) is 0.229. The Bertz CT molecular complexity index is 793. The molecule has 3 rings (SSSR count). The second-order valence-corrected chi connectivity index (χ2v) is 6.79. The Morgan fingerprint density at radius 2 is 1.77 bits per heavy atom. The normalized spacial score (nSPS) is 15.4. The second-order valence-electron chi connectivity index (χ2n) is 6.79. The van der Waals surface area contributed by atoms with E-state index in [1.807, 2.05) is 0 Å². The standard InChI is InChI=1S/C20H24FN3O2/c21-16-9-7-15(8-10-16)18-11-12-20(26)24(23-18)14-13-19(25)22-17-5-3-1-2-4-6-17/h7-12,17H,1-6,13-14H2,(H,22,25). The lowest BCUT2D eigenvalue weighted by molar-refractivity contribution is -0.122. The lowest BCUT2D eigenvalue weighted by Gasteiger charge is -2.16. The number of benzene rings is 1. The van der Waals surface area contributed by atoms with Gasteiger partial charge in [-0.15, -0.1) is 0 Å². The molecular formula is C20H24FN3O2. The van der Waals surface area contributed by atoms with Crippen molar-refractivity contribution < 1.29 is 9.18 Å². The third-order valence-electron chi connectivity index (χ3n) is 4.78. The van der Waals surface area contributed by atoms with Gasteiger partial charge in [0.25, 0.3) is 5.56 Å². The molecule has 1 aromatic carbocycles. The van der Waals surface area contributed by atoms with Gasteiger partial charge in [0.05, 0.1) is 12.2 Å². The van der Waals surface area contributed by atoms with E-state index in [1.54, 1.807) is 18.2 Å². The summed E-state index contributed by atoms with van der Waals surface area (Å²) in [5.41, 5.74) is 1.05. The highest BCUT2D eigenvalue weighted by Gasteiger charge is 2.15. The quantitative estimate of drug-likeness (QED) is 0.835. The minimum atomic E-state index is -0.322. The molecule has 5 nitrogen and oxygen atoms in total. The maximum atomic E-state index is 13.1. The van der Waals surface area contributed by atoms with Crippen molar-refractivity contribution in [2.24, 2.45) is 0 Å². The van der Waals surface area contributed by atoms with Gasteiger partial charge in [0.2, 0.25) is 5.91 Å². The van der Waals surface area contributed by atoms with Gasteiger partial charge in [-0.3, -0.25) is 9.59 Å². The molecule has 1 aliphatic carbocycles. The van der Waals surface area contributed by atoms with Gasteiger partial charge in [0.15, 0.2) is 0 Å². The first kappa shape index (κ1) is 18.3. The van der Waals surface area contributed by atoms with Crippen LogP contribution >= 0.6 is 0 Å². The number of carbonyl (C=O) groups excluding carboxylic acids is 1. The zero-order valence-electron chi connectivity index (χ0n) is 14.8. The summed E-state index contributed by atoms with van der Waals surface area (Å²) in [5.74, 6) is -0.366. The zero-order chi connectivity index (χ0) is 18.4. The highest BCUT2D eigenvalue weighted by Crippen LogP contribution is 2.17. The van der Waals surface area contributed by atoms with Crippen molar-refractivity contribution in [3.8, 4) is 11.3 Å². The molecule has 1 amide bonds. The van der Waals surface area contributed by atoms with E-state index in [0.29, 0.717) is 5.69 Å². The van der Waals surface area contributed by atoms with Crippen LogP contribution in [0.25, 0.3) is 11.3 Å². The number of aryl methyl sites for hydroxylation is 1. The predicted octanol–water partition coefficient (Wildman–Crippen LogP) is 3.28. The van der Waals surface area contributed by atoms with Crippen molar-refractivity contribution in [1.29, 1.82) is 0 Å². The summed E-state index contributed by atoms with van der Waals surface area (Å²) in [5, 5.41) is 7.39. The van der Waals surface area contributed by atoms with E-state index in [4.69, 9.17) is 0 Å². The van der Waals surface area contributed by atoms with Gasteiger partial charge in [0.1, 0.15) is 5.82 Å². The van der Waals surface area contributed by atoms with Gasteiger partial charge in [-0.05, 0) is 43.2 Å². The van der Waals surface area contributed by atoms with Crippen LogP contribution in [-0.4, -0.2) is 21.7 Å². The molecule has 0 unspecified atom stereocenters. The van der Waals surface area contributed by atoms with Crippen LogP contribution in [0.2, 0.25) is 0 Å². The highest BCUT2D eigenvalue weighted by atomic mass is 19.1. The molecular weight excluding hydrogens is 333 g/mol. The lowest BCUT2D eigenvalue weighted by atomic mass is 10.1. The smallest absolute Gasteiger partial charge is 0.266 e. The van der Waals surface area contributed by atoms with Gasteiger partial charge >= 0.3 is 0 Å². The van der Waals surface area contributed by atoms with E-state index in [-0.39, 0.29) is 36.3 Å². The summed E-state index contributed by atoms with van der Waals surface area (Å²) in [6, 6.07) is 9.22. The Balaban J connectivity index is 1.62. The van der Waals surface area contributed by atoms with Gasteiger partial charge < -0.3 is 5.32 Å². The minimum Gasteiger partial charge on any atom is -0.353 e. The van der Waals surface area contributed by atoms with Crippen LogP contribution in [0.1, 0.15) is 44.9 Å². The molecule has 2 aromatic rings. The molecule has 0 saturated heterocycles. The van der Waals surface area contributed by atoms with Crippen molar-refractivity contribution in [3.63, 3.8) is 0 Å². The predicted molar refractivity (Wildman–Crippen MR) is 98.1 cm³/mol. The average molecular weight is 357 g/mol. The molecule has 1 aliphatic rings. The third-order valence-corrected chi connectivity index (χ3v) is 4.78. The van der Waals surface area contributed by atoms with Crippen molar-refractivity contribution in [2.75, 3.05) is 0 Å². The molecule has 138 valence electrons. The van der Waals surface area contributed by atoms with Gasteiger partial charge in [-0.2, -0.15) is 5.10 Å². The molecule has 0 atom stereocenters. The molecule has 0 aliphatic heterocycles. The molecule has 26 heavy (non-hydrogen) atoms.